The summed E-state index contributed by atoms with van der Waals surface area (Å²) >= 11 is 0. The number of hydrogen-bond donors (Lipinski definition) is 0. The van der Waals surface area contributed by atoms with E-state index in [9.17, 15) is 9.59 Å². The Labute approximate surface area is 176 Å². The first-order chi connectivity index (χ1) is 14.3. The molecule has 6 nitrogen and oxygen atoms in total. The molecule has 0 bridgehead atoms. The Morgan fingerprint density at radius 2 is 1.80 bits per heavy atom. The van der Waals surface area contributed by atoms with E-state index >= 15 is 0 Å². The smallest absolute Gasteiger partial charge is 0.441 e. The number of carbonyl (C=O) groups is 1. The summed E-state index contributed by atoms with van der Waals surface area (Å²) in [7, 11) is 0. The average Bonchev–Trinajstić information content (AvgIpc) is 3.05. The zero-order valence-electron chi connectivity index (χ0n) is 18.0. The Kier molecular flexibility index (Phi) is 6.55. The fraction of sp³-hybridized carbons (Fsp3) is 0.375. The fourth-order valence-electron chi connectivity index (χ4n) is 3.19. The second-order valence-electron chi connectivity index (χ2n) is 8.30. The predicted octanol–water partition coefficient (Wildman–Crippen LogP) is 4.85. The monoisotopic (exact) mass is 408 g/mol. The summed E-state index contributed by atoms with van der Waals surface area (Å²) in [4.78, 5) is 24.6. The number of aryl methyl sites for hydroxylation is 1. The van der Waals surface area contributed by atoms with Crippen molar-refractivity contribution in [1.82, 2.24) is 9.72 Å². The topological polar surface area (TPSA) is 74.3 Å². The SMILES string of the molecule is CCCCc1noc(=O)n1Cc1ccc(-c2ccccc2C(=O)OC(C)(C)C)cc1. The maximum Gasteiger partial charge on any atom is 0.441 e. The molecule has 0 radical (unpaired) electrons. The van der Waals surface area contributed by atoms with Crippen molar-refractivity contribution in [2.75, 3.05) is 0 Å². The quantitative estimate of drug-likeness (QED) is 0.523. The van der Waals surface area contributed by atoms with Gasteiger partial charge in [0.2, 0.25) is 0 Å². The molecule has 30 heavy (non-hydrogen) atoms. The van der Waals surface area contributed by atoms with Crippen LogP contribution < -0.4 is 5.76 Å². The molecule has 1 heterocycles. The Morgan fingerprint density at radius 3 is 2.47 bits per heavy atom. The molecule has 0 spiro atoms. The van der Waals surface area contributed by atoms with Gasteiger partial charge in [-0.1, -0.05) is 61.0 Å². The van der Waals surface area contributed by atoms with Crippen LogP contribution in [0, 0.1) is 0 Å². The molecule has 0 aliphatic carbocycles. The van der Waals surface area contributed by atoms with Gasteiger partial charge >= 0.3 is 11.7 Å². The molecule has 0 aliphatic heterocycles. The van der Waals surface area contributed by atoms with Gasteiger partial charge in [-0.2, -0.15) is 0 Å². The lowest BCUT2D eigenvalue weighted by molar-refractivity contribution is 0.00704. The number of benzene rings is 2. The van der Waals surface area contributed by atoms with Crippen LogP contribution >= 0.6 is 0 Å². The van der Waals surface area contributed by atoms with Crippen LogP contribution in [0.3, 0.4) is 0 Å². The summed E-state index contributed by atoms with van der Waals surface area (Å²) in [5, 5.41) is 3.90. The van der Waals surface area contributed by atoms with Crippen LogP contribution in [0.15, 0.2) is 57.8 Å². The zero-order chi connectivity index (χ0) is 21.7. The van der Waals surface area contributed by atoms with E-state index in [-0.39, 0.29) is 5.97 Å². The third-order valence-electron chi connectivity index (χ3n) is 4.67. The van der Waals surface area contributed by atoms with Gasteiger partial charge in [-0.15, -0.1) is 0 Å². The van der Waals surface area contributed by atoms with Crippen LogP contribution in [0.4, 0.5) is 0 Å². The van der Waals surface area contributed by atoms with Crippen molar-refractivity contribution < 1.29 is 14.1 Å². The summed E-state index contributed by atoms with van der Waals surface area (Å²) in [5.74, 6) is -0.125. The summed E-state index contributed by atoms with van der Waals surface area (Å²) in [6.45, 7) is 8.04. The summed E-state index contributed by atoms with van der Waals surface area (Å²) in [6.07, 6.45) is 2.68. The Morgan fingerprint density at radius 1 is 1.10 bits per heavy atom. The number of hydrogen-bond acceptors (Lipinski definition) is 5. The first-order valence-electron chi connectivity index (χ1n) is 10.3. The van der Waals surface area contributed by atoms with E-state index in [0.717, 1.165) is 29.5 Å². The van der Waals surface area contributed by atoms with E-state index in [4.69, 9.17) is 9.26 Å². The van der Waals surface area contributed by atoms with E-state index in [1.807, 2.05) is 63.2 Å². The molecular formula is C24H28N2O4. The average molecular weight is 408 g/mol. The van der Waals surface area contributed by atoms with Crippen LogP contribution in [-0.4, -0.2) is 21.3 Å². The lowest BCUT2D eigenvalue weighted by atomic mass is 9.98. The van der Waals surface area contributed by atoms with Gasteiger partial charge in [-0.05, 0) is 49.9 Å². The van der Waals surface area contributed by atoms with Crippen molar-refractivity contribution >= 4 is 5.97 Å². The number of ether oxygens (including phenoxy) is 1. The molecule has 0 atom stereocenters. The molecule has 0 aliphatic rings. The molecule has 6 heteroatoms. The number of carbonyl (C=O) groups excluding carboxylic acids is 1. The molecule has 3 aromatic rings. The Balaban J connectivity index is 1.83. The highest BCUT2D eigenvalue weighted by Crippen LogP contribution is 2.26. The summed E-state index contributed by atoms with van der Waals surface area (Å²) in [6, 6.07) is 15.2. The molecule has 0 saturated heterocycles. The molecule has 0 unspecified atom stereocenters. The zero-order valence-corrected chi connectivity index (χ0v) is 18.0. The number of rotatable bonds is 7. The van der Waals surface area contributed by atoms with E-state index in [0.29, 0.717) is 24.4 Å². The highest BCUT2D eigenvalue weighted by Gasteiger charge is 2.20. The normalized spacial score (nSPS) is 11.5. The van der Waals surface area contributed by atoms with Crippen molar-refractivity contribution in [3.05, 3.63) is 76.0 Å². The maximum absolute atomic E-state index is 12.6. The minimum absolute atomic E-state index is 0.348. The van der Waals surface area contributed by atoms with Gasteiger partial charge in [0.05, 0.1) is 12.1 Å². The summed E-state index contributed by atoms with van der Waals surface area (Å²) in [5.41, 5.74) is 2.64. The van der Waals surface area contributed by atoms with Crippen molar-refractivity contribution in [3.8, 4) is 11.1 Å². The van der Waals surface area contributed by atoms with E-state index in [1.54, 1.807) is 10.6 Å². The lowest BCUT2D eigenvalue weighted by Crippen LogP contribution is -2.24. The molecule has 2 aromatic carbocycles. The van der Waals surface area contributed by atoms with Gasteiger partial charge < -0.3 is 4.74 Å². The molecule has 0 fully saturated rings. The van der Waals surface area contributed by atoms with Crippen LogP contribution in [0.2, 0.25) is 0 Å². The van der Waals surface area contributed by atoms with Gasteiger partial charge in [-0.25, -0.2) is 9.59 Å². The first kappa shape index (κ1) is 21.6. The van der Waals surface area contributed by atoms with Gasteiger partial charge in [0.25, 0.3) is 0 Å². The Bertz CT molecular complexity index is 1060. The molecule has 1 aromatic heterocycles. The van der Waals surface area contributed by atoms with Crippen molar-refractivity contribution in [3.63, 3.8) is 0 Å². The predicted molar refractivity (Wildman–Crippen MR) is 116 cm³/mol. The maximum atomic E-state index is 12.6. The minimum Gasteiger partial charge on any atom is -0.456 e. The standard InChI is InChI=1S/C24H28N2O4/c1-5-6-11-21-25-30-23(28)26(21)16-17-12-14-18(15-13-17)19-9-7-8-10-20(19)22(27)29-24(2,3)4/h7-10,12-15H,5-6,11,16H2,1-4H3. The van der Waals surface area contributed by atoms with Crippen LogP contribution in [0.25, 0.3) is 11.1 Å². The van der Waals surface area contributed by atoms with Crippen molar-refractivity contribution in [2.24, 2.45) is 0 Å². The molecule has 0 N–H and O–H groups in total. The minimum atomic E-state index is -0.560. The highest BCUT2D eigenvalue weighted by atomic mass is 16.6. The van der Waals surface area contributed by atoms with Crippen molar-refractivity contribution in [1.29, 1.82) is 0 Å². The van der Waals surface area contributed by atoms with E-state index in [2.05, 4.69) is 12.1 Å². The largest absolute Gasteiger partial charge is 0.456 e. The third-order valence-corrected chi connectivity index (χ3v) is 4.67. The number of unbranched alkanes of at least 4 members (excludes halogenated alkanes) is 1. The fourth-order valence-corrected chi connectivity index (χ4v) is 3.19. The lowest BCUT2D eigenvalue weighted by Gasteiger charge is -2.20. The van der Waals surface area contributed by atoms with Crippen molar-refractivity contribution in [2.45, 2.75) is 59.1 Å². The van der Waals surface area contributed by atoms with Gasteiger partial charge in [0, 0.05) is 6.42 Å². The van der Waals surface area contributed by atoms with E-state index < -0.39 is 11.4 Å². The van der Waals surface area contributed by atoms with Crippen LogP contribution in [-0.2, 0) is 17.7 Å². The second-order valence-corrected chi connectivity index (χ2v) is 8.30. The molecule has 0 saturated carbocycles. The number of nitrogens with zero attached hydrogens (tertiary/aromatic N) is 2. The molecule has 158 valence electrons. The van der Waals surface area contributed by atoms with Crippen LogP contribution in [0.5, 0.6) is 0 Å². The molecular weight excluding hydrogens is 380 g/mol. The van der Waals surface area contributed by atoms with Gasteiger partial charge in [0.15, 0.2) is 5.82 Å². The van der Waals surface area contributed by atoms with Gasteiger partial charge in [0.1, 0.15) is 5.60 Å². The molecule has 3 rings (SSSR count). The van der Waals surface area contributed by atoms with E-state index in [1.165, 1.54) is 0 Å². The number of esters is 1. The van der Waals surface area contributed by atoms with Gasteiger partial charge in [-0.3, -0.25) is 9.09 Å². The Hall–Kier alpha value is -3.15. The third kappa shape index (κ3) is 5.26. The number of aromatic nitrogens is 2. The molecule has 0 amide bonds. The summed E-state index contributed by atoms with van der Waals surface area (Å²) < 4.78 is 12.0. The van der Waals surface area contributed by atoms with Crippen LogP contribution in [0.1, 0.15) is 62.3 Å². The second kappa shape index (κ2) is 9.11. The highest BCUT2D eigenvalue weighted by molar-refractivity contribution is 5.97. The first-order valence-corrected chi connectivity index (χ1v) is 10.3.